The summed E-state index contributed by atoms with van der Waals surface area (Å²) >= 11 is 6.21. The molecule has 0 fully saturated rings. The Labute approximate surface area is 252 Å². The third kappa shape index (κ3) is 7.43. The summed E-state index contributed by atoms with van der Waals surface area (Å²) < 4.78 is 6.17. The predicted molar refractivity (Wildman–Crippen MR) is 160 cm³/mol. The van der Waals surface area contributed by atoms with E-state index in [1.165, 1.54) is 24.2 Å². The largest absolute Gasteiger partial charge is 0.453 e. The maximum atomic E-state index is 13.2. The van der Waals surface area contributed by atoms with Gasteiger partial charge in [-0.05, 0) is 65.2 Å². The Morgan fingerprint density at radius 1 is 1.19 bits per heavy atom. The first-order valence-electron chi connectivity index (χ1n) is 13.6. The molecule has 2 bridgehead atoms. The molecule has 1 aliphatic heterocycles. The second kappa shape index (κ2) is 13.3. The summed E-state index contributed by atoms with van der Waals surface area (Å²) in [6, 6.07) is 9.91. The first-order valence-corrected chi connectivity index (χ1v) is 14.0. The van der Waals surface area contributed by atoms with Crippen LogP contribution in [0.5, 0.6) is 0 Å². The third-order valence-corrected chi connectivity index (χ3v) is 7.20. The number of aromatic nitrogens is 6. The number of hydrogen-bond acceptors (Lipinski definition) is 8. The van der Waals surface area contributed by atoms with Crippen molar-refractivity contribution in [2.75, 3.05) is 17.7 Å². The fraction of sp³-hybridized carbons (Fsp3) is 0.276. The summed E-state index contributed by atoms with van der Waals surface area (Å²) in [5.74, 6) is 0.222. The van der Waals surface area contributed by atoms with E-state index in [-0.39, 0.29) is 17.7 Å². The molecule has 2 atom stereocenters. The van der Waals surface area contributed by atoms with Crippen molar-refractivity contribution in [1.29, 1.82) is 0 Å². The fourth-order valence-electron chi connectivity index (χ4n) is 4.86. The lowest BCUT2D eigenvalue weighted by atomic mass is 9.98. The predicted octanol–water partition coefficient (Wildman–Crippen LogP) is 4.90. The van der Waals surface area contributed by atoms with Gasteiger partial charge in [-0.1, -0.05) is 31.4 Å². The van der Waals surface area contributed by atoms with Crippen LogP contribution in [0.25, 0.3) is 23.0 Å². The monoisotopic (exact) mass is 603 g/mol. The highest BCUT2D eigenvalue weighted by Crippen LogP contribution is 2.32. The molecule has 0 spiro atoms. The van der Waals surface area contributed by atoms with Crippen LogP contribution in [0.1, 0.15) is 50.0 Å². The van der Waals surface area contributed by atoms with Crippen LogP contribution in [-0.2, 0) is 14.3 Å². The van der Waals surface area contributed by atoms with Crippen LogP contribution >= 0.6 is 11.6 Å². The van der Waals surface area contributed by atoms with Crippen LogP contribution in [0, 0.1) is 5.92 Å². The van der Waals surface area contributed by atoms with Crippen molar-refractivity contribution >= 4 is 47.0 Å². The van der Waals surface area contributed by atoms with E-state index in [0.29, 0.717) is 57.6 Å². The molecule has 13 nitrogen and oxygen atoms in total. The number of ether oxygens (including phenoxy) is 1. The van der Waals surface area contributed by atoms with E-state index in [1.807, 2.05) is 6.92 Å². The van der Waals surface area contributed by atoms with Crippen LogP contribution in [-0.4, -0.2) is 55.2 Å². The topological polar surface area (TPSA) is 169 Å². The molecule has 2 aromatic carbocycles. The standard InChI is InChI=1S/C29H30ClN9O4/c1-17-4-3-5-22(34-26(40)11-6-18-13-19(30)7-10-25(18)39-16-32-37-38-39)28-31-15-24(36-28)21-9-8-20(33-29(42)43-2)14-23(21)35-27(41)12-17/h6-11,13-17,22H,3-5,12H2,1-2H3,(H,31,36)(H,33,42)(H,34,40)(H,35,41)/b11-6+. The SMILES string of the molecule is COC(=O)Nc1ccc2c(c1)NC(=O)CC(C)CCCC(NC(=O)/C=C/c1cc(Cl)ccc1-n1cnnn1)c1nc-2c[nH]1. The number of hydrogen-bond donors (Lipinski definition) is 4. The first-order chi connectivity index (χ1) is 20.8. The average Bonchev–Trinajstić information content (AvgIpc) is 3.68. The quantitative estimate of drug-likeness (QED) is 0.233. The van der Waals surface area contributed by atoms with Gasteiger partial charge in [0.15, 0.2) is 0 Å². The summed E-state index contributed by atoms with van der Waals surface area (Å²) in [5, 5.41) is 20.4. The summed E-state index contributed by atoms with van der Waals surface area (Å²) in [6.07, 6.45) is 8.11. The van der Waals surface area contributed by atoms with E-state index in [1.54, 1.807) is 48.7 Å². The van der Waals surface area contributed by atoms with Crippen molar-refractivity contribution in [2.45, 2.75) is 38.6 Å². The molecule has 5 rings (SSSR count). The van der Waals surface area contributed by atoms with Crippen LogP contribution in [0.4, 0.5) is 16.2 Å². The number of nitrogens with one attached hydrogen (secondary N) is 4. The zero-order chi connectivity index (χ0) is 30.3. The molecule has 0 saturated carbocycles. The minimum Gasteiger partial charge on any atom is -0.453 e. The van der Waals surface area contributed by atoms with Gasteiger partial charge in [0.1, 0.15) is 12.2 Å². The van der Waals surface area contributed by atoms with E-state index in [0.717, 1.165) is 12.8 Å². The number of carbonyl (C=O) groups excluding carboxylic acids is 3. The fourth-order valence-corrected chi connectivity index (χ4v) is 5.04. The minimum absolute atomic E-state index is 0.107. The molecule has 4 N–H and O–H groups in total. The molecule has 14 heteroatoms. The molecule has 4 aromatic rings. The summed E-state index contributed by atoms with van der Waals surface area (Å²) in [7, 11) is 1.27. The maximum absolute atomic E-state index is 13.2. The molecular weight excluding hydrogens is 574 g/mol. The number of carbonyl (C=O) groups is 3. The number of anilines is 2. The molecule has 1 aliphatic rings. The van der Waals surface area contributed by atoms with Crippen molar-refractivity contribution in [3.63, 3.8) is 0 Å². The molecule has 222 valence electrons. The highest BCUT2D eigenvalue weighted by molar-refractivity contribution is 6.30. The highest BCUT2D eigenvalue weighted by Gasteiger charge is 2.22. The number of tetrazole rings is 1. The van der Waals surface area contributed by atoms with Gasteiger partial charge in [0.05, 0.1) is 30.2 Å². The van der Waals surface area contributed by atoms with Crippen molar-refractivity contribution in [3.05, 3.63) is 71.4 Å². The zero-order valence-electron chi connectivity index (χ0n) is 23.5. The number of amides is 3. The number of fused-ring (bicyclic) bond motifs is 4. The Kier molecular flexibility index (Phi) is 9.11. The average molecular weight is 604 g/mol. The lowest BCUT2D eigenvalue weighted by Gasteiger charge is -2.17. The van der Waals surface area contributed by atoms with Gasteiger partial charge in [0.2, 0.25) is 11.8 Å². The Morgan fingerprint density at radius 2 is 2.05 bits per heavy atom. The number of nitrogens with zero attached hydrogens (tertiary/aromatic N) is 5. The Bertz CT molecular complexity index is 1650. The lowest BCUT2D eigenvalue weighted by Crippen LogP contribution is -2.28. The number of benzene rings is 2. The molecule has 2 aromatic heterocycles. The Hall–Kier alpha value is -5.04. The molecule has 3 heterocycles. The molecular formula is C29H30ClN9O4. The first kappa shape index (κ1) is 29.5. The lowest BCUT2D eigenvalue weighted by molar-refractivity contribution is -0.117. The van der Waals surface area contributed by atoms with Gasteiger partial charge in [-0.25, -0.2) is 9.78 Å². The molecule has 43 heavy (non-hydrogen) atoms. The van der Waals surface area contributed by atoms with Gasteiger partial charge < -0.3 is 20.4 Å². The third-order valence-electron chi connectivity index (χ3n) is 6.97. The van der Waals surface area contributed by atoms with Crippen LogP contribution in [0.3, 0.4) is 0 Å². The highest BCUT2D eigenvalue weighted by atomic mass is 35.5. The normalized spacial score (nSPS) is 17.1. The zero-order valence-corrected chi connectivity index (χ0v) is 24.3. The van der Waals surface area contributed by atoms with Crippen molar-refractivity contribution in [2.24, 2.45) is 5.92 Å². The van der Waals surface area contributed by atoms with Crippen molar-refractivity contribution in [3.8, 4) is 16.9 Å². The molecule has 2 unspecified atom stereocenters. The maximum Gasteiger partial charge on any atom is 0.411 e. The van der Waals surface area contributed by atoms with Gasteiger partial charge in [-0.3, -0.25) is 14.9 Å². The molecule has 0 saturated heterocycles. The molecule has 0 radical (unpaired) electrons. The second-order valence-corrected chi connectivity index (χ2v) is 10.6. The van der Waals surface area contributed by atoms with Crippen LogP contribution in [0.15, 0.2) is 55.0 Å². The summed E-state index contributed by atoms with van der Waals surface area (Å²) in [6.45, 7) is 2.02. The summed E-state index contributed by atoms with van der Waals surface area (Å²) in [4.78, 5) is 45.8. The van der Waals surface area contributed by atoms with E-state index in [4.69, 9.17) is 16.6 Å². The van der Waals surface area contributed by atoms with Gasteiger partial charge >= 0.3 is 6.09 Å². The van der Waals surface area contributed by atoms with Crippen LogP contribution in [0.2, 0.25) is 5.02 Å². The van der Waals surface area contributed by atoms with E-state index in [2.05, 4.69) is 41.2 Å². The Balaban J connectivity index is 1.41. The van der Waals surface area contributed by atoms with Gasteiger partial charge in [0.25, 0.3) is 0 Å². The van der Waals surface area contributed by atoms with E-state index in [9.17, 15) is 14.4 Å². The number of methoxy groups -OCH3 is 1. The van der Waals surface area contributed by atoms with Gasteiger partial charge in [-0.15, -0.1) is 5.10 Å². The van der Waals surface area contributed by atoms with Crippen molar-refractivity contribution in [1.82, 2.24) is 35.5 Å². The van der Waals surface area contributed by atoms with E-state index < -0.39 is 12.1 Å². The van der Waals surface area contributed by atoms with Gasteiger partial charge in [0, 0.05) is 40.5 Å². The smallest absolute Gasteiger partial charge is 0.411 e. The number of rotatable bonds is 5. The number of aromatic amines is 1. The van der Waals surface area contributed by atoms with Crippen molar-refractivity contribution < 1.29 is 19.1 Å². The van der Waals surface area contributed by atoms with E-state index >= 15 is 0 Å². The number of halogens is 1. The molecule has 0 aliphatic carbocycles. The second-order valence-electron chi connectivity index (χ2n) is 10.2. The number of imidazole rings is 1. The Morgan fingerprint density at radius 3 is 2.84 bits per heavy atom. The van der Waals surface area contributed by atoms with Crippen LogP contribution < -0.4 is 16.0 Å². The number of H-pyrrole nitrogens is 1. The van der Waals surface area contributed by atoms with Gasteiger partial charge in [-0.2, -0.15) is 4.68 Å². The minimum atomic E-state index is -0.624. The summed E-state index contributed by atoms with van der Waals surface area (Å²) in [5.41, 5.74) is 3.50. The molecule has 3 amide bonds.